The first-order valence-corrected chi connectivity index (χ1v) is 9.37. The predicted octanol–water partition coefficient (Wildman–Crippen LogP) is 4.49. The van der Waals surface area contributed by atoms with E-state index in [1.807, 2.05) is 0 Å². The molecule has 18 heavy (non-hydrogen) atoms. The number of rotatable bonds is 3. The van der Waals surface area contributed by atoms with E-state index in [9.17, 15) is 27.8 Å². The molecule has 0 bridgehead atoms. The average Bonchev–Trinajstić information content (AvgIpc) is 1.93. The highest BCUT2D eigenvalue weighted by Gasteiger charge is 2.65. The Morgan fingerprint density at radius 2 is 1.61 bits per heavy atom. The number of sulfone groups is 1. The molecule has 1 aromatic rings. The molecule has 10 heteroatoms. The van der Waals surface area contributed by atoms with Gasteiger partial charge in [0.15, 0.2) is 9.84 Å². The van der Waals surface area contributed by atoms with Crippen LogP contribution >= 0.6 is 32.8 Å². The maximum Gasteiger partial charge on any atom is 0.310 e. The lowest BCUT2D eigenvalue weighted by Gasteiger charge is -2.40. The zero-order valence-electron chi connectivity index (χ0n) is 8.84. The lowest BCUT2D eigenvalue weighted by molar-refractivity contribution is 0.363. The van der Waals surface area contributed by atoms with Crippen molar-refractivity contribution in [1.82, 2.24) is 0 Å². The van der Waals surface area contributed by atoms with Gasteiger partial charge in [0.1, 0.15) is 4.90 Å². The summed E-state index contributed by atoms with van der Waals surface area (Å²) >= 11 is 1.43. The molecule has 0 spiro atoms. The van der Waals surface area contributed by atoms with Gasteiger partial charge >= 0.3 is 10.2 Å². The van der Waals surface area contributed by atoms with Crippen LogP contribution in [0.15, 0.2) is 23.1 Å². The third-order valence-electron chi connectivity index (χ3n) is 1.81. The van der Waals surface area contributed by atoms with Crippen molar-refractivity contribution in [1.29, 1.82) is 0 Å². The summed E-state index contributed by atoms with van der Waals surface area (Å²) in [7, 11) is -13.4. The SMILES string of the molecule is CS(=O)(=O)Cc1cc(I)cc(S(F)(F)(F)(F)F)c1. The molecule has 1 rings (SSSR count). The van der Waals surface area contributed by atoms with Crippen LogP contribution < -0.4 is 0 Å². The van der Waals surface area contributed by atoms with E-state index in [2.05, 4.69) is 0 Å². The zero-order chi connectivity index (χ0) is 14.5. The second kappa shape index (κ2) is 3.72. The molecule has 0 aliphatic heterocycles. The van der Waals surface area contributed by atoms with Gasteiger partial charge in [-0.05, 0) is 46.4 Å². The summed E-state index contributed by atoms with van der Waals surface area (Å²) in [6.07, 6.45) is 0.812. The molecule has 0 radical (unpaired) electrons. The second-order valence-electron chi connectivity index (χ2n) is 3.83. The van der Waals surface area contributed by atoms with Gasteiger partial charge < -0.3 is 0 Å². The maximum absolute atomic E-state index is 12.6. The highest BCUT2D eigenvalue weighted by atomic mass is 127. The summed E-state index contributed by atoms with van der Waals surface area (Å²) in [5.74, 6) is -0.718. The van der Waals surface area contributed by atoms with Crippen LogP contribution in [-0.2, 0) is 15.6 Å². The Balaban J connectivity index is 3.45. The van der Waals surface area contributed by atoms with Crippen LogP contribution in [0.5, 0.6) is 0 Å². The van der Waals surface area contributed by atoms with Gasteiger partial charge in [-0.3, -0.25) is 0 Å². The van der Waals surface area contributed by atoms with Crippen LogP contribution in [0.3, 0.4) is 0 Å². The molecule has 0 aliphatic rings. The monoisotopic (exact) mass is 422 g/mol. The standard InChI is InChI=1S/C8H8F5IO2S2/c1-17(15,16)5-6-2-7(14)4-8(3-6)18(9,10,11,12)13/h2-4H,5H2,1H3. The Hall–Kier alpha value is -0.100. The molecule has 1 aromatic carbocycles. The third kappa shape index (κ3) is 4.88. The van der Waals surface area contributed by atoms with E-state index in [1.165, 1.54) is 22.6 Å². The van der Waals surface area contributed by atoms with E-state index in [1.54, 1.807) is 0 Å². The Labute approximate surface area is 114 Å². The molecule has 0 saturated carbocycles. The Morgan fingerprint density at radius 1 is 1.11 bits per heavy atom. The topological polar surface area (TPSA) is 34.1 Å². The van der Waals surface area contributed by atoms with E-state index in [0.29, 0.717) is 6.07 Å². The number of benzene rings is 1. The molecule has 0 aromatic heterocycles. The van der Waals surface area contributed by atoms with E-state index < -0.39 is 30.7 Å². The van der Waals surface area contributed by atoms with Crippen molar-refractivity contribution in [3.05, 3.63) is 27.3 Å². The molecule has 0 atom stereocenters. The van der Waals surface area contributed by atoms with Gasteiger partial charge in [0.25, 0.3) is 0 Å². The molecule has 0 N–H and O–H groups in total. The molecule has 0 unspecified atom stereocenters. The quantitative estimate of drug-likeness (QED) is 0.532. The molecular formula is C8H8F5IO2S2. The largest absolute Gasteiger partial charge is 0.310 e. The van der Waals surface area contributed by atoms with Crippen molar-refractivity contribution in [2.75, 3.05) is 6.26 Å². The lowest BCUT2D eigenvalue weighted by atomic mass is 10.2. The minimum atomic E-state index is -9.78. The fourth-order valence-electron chi connectivity index (χ4n) is 1.23. The predicted molar refractivity (Wildman–Crippen MR) is 69.1 cm³/mol. The Kier molecular flexibility index (Phi) is 3.30. The number of halogens is 6. The summed E-state index contributed by atoms with van der Waals surface area (Å²) in [5, 5.41) is 0. The van der Waals surface area contributed by atoms with Crippen molar-refractivity contribution in [3.8, 4) is 0 Å². The van der Waals surface area contributed by atoms with Gasteiger partial charge in [0.05, 0.1) is 5.75 Å². The summed E-state index contributed by atoms with van der Waals surface area (Å²) in [5.41, 5.74) is -0.312. The van der Waals surface area contributed by atoms with E-state index in [0.717, 1.165) is 12.3 Å². The molecule has 2 nitrogen and oxygen atoms in total. The molecular weight excluding hydrogens is 414 g/mol. The fourth-order valence-corrected chi connectivity index (χ4v) is 3.67. The van der Waals surface area contributed by atoms with Crippen LogP contribution in [0.2, 0.25) is 0 Å². The second-order valence-corrected chi connectivity index (χ2v) is 9.63. The highest BCUT2D eigenvalue weighted by Crippen LogP contribution is 3.02. The minimum Gasteiger partial charge on any atom is -0.229 e. The highest BCUT2D eigenvalue weighted by molar-refractivity contribution is 14.1. The van der Waals surface area contributed by atoms with Gasteiger partial charge in [-0.25, -0.2) is 8.42 Å². The normalized spacial score (nSPS) is 17.1. The van der Waals surface area contributed by atoms with Crippen molar-refractivity contribution in [2.24, 2.45) is 0 Å². The molecule has 0 heterocycles. The van der Waals surface area contributed by atoms with Gasteiger partial charge in [0.2, 0.25) is 0 Å². The Bertz CT molecular complexity index is 594. The molecule has 0 saturated heterocycles. The van der Waals surface area contributed by atoms with Gasteiger partial charge in [-0.15, -0.1) is 0 Å². The number of hydrogen-bond acceptors (Lipinski definition) is 2. The van der Waals surface area contributed by atoms with Crippen LogP contribution in [0.4, 0.5) is 19.4 Å². The summed E-state index contributed by atoms with van der Waals surface area (Å²) in [4.78, 5) is -2.07. The molecule has 0 aliphatic carbocycles. The number of hydrogen-bond donors (Lipinski definition) is 0. The average molecular weight is 422 g/mol. The van der Waals surface area contributed by atoms with Crippen molar-refractivity contribution in [3.63, 3.8) is 0 Å². The molecule has 0 fully saturated rings. The van der Waals surface area contributed by atoms with E-state index in [-0.39, 0.29) is 15.2 Å². The Morgan fingerprint density at radius 3 is 2.00 bits per heavy atom. The van der Waals surface area contributed by atoms with Crippen LogP contribution in [0, 0.1) is 3.57 Å². The first kappa shape index (κ1) is 16.0. The lowest BCUT2D eigenvalue weighted by Crippen LogP contribution is -2.08. The van der Waals surface area contributed by atoms with Gasteiger partial charge in [0, 0.05) is 9.83 Å². The van der Waals surface area contributed by atoms with Crippen molar-refractivity contribution in [2.45, 2.75) is 10.6 Å². The zero-order valence-corrected chi connectivity index (χ0v) is 12.6. The fraction of sp³-hybridized carbons (Fsp3) is 0.250. The summed E-state index contributed by atoms with van der Waals surface area (Å²) in [6, 6.07) is 1.60. The first-order chi connectivity index (χ1) is 7.57. The summed E-state index contributed by atoms with van der Waals surface area (Å²) < 4.78 is 84.8. The van der Waals surface area contributed by atoms with Gasteiger partial charge in [-0.2, -0.15) is 0 Å². The summed E-state index contributed by atoms with van der Waals surface area (Å²) in [6.45, 7) is 0. The maximum atomic E-state index is 12.6. The third-order valence-corrected chi connectivity index (χ3v) is 4.41. The van der Waals surface area contributed by atoms with E-state index >= 15 is 0 Å². The minimum absolute atomic E-state index is 0.1000. The van der Waals surface area contributed by atoms with Crippen LogP contribution in [0.1, 0.15) is 5.56 Å². The first-order valence-electron chi connectivity index (χ1n) is 4.28. The molecule has 106 valence electrons. The van der Waals surface area contributed by atoms with Crippen LogP contribution in [-0.4, -0.2) is 14.7 Å². The van der Waals surface area contributed by atoms with Crippen LogP contribution in [0.25, 0.3) is 0 Å². The van der Waals surface area contributed by atoms with E-state index in [4.69, 9.17) is 0 Å². The van der Waals surface area contributed by atoms with Gasteiger partial charge in [-0.1, -0.05) is 19.4 Å². The van der Waals surface area contributed by atoms with Crippen molar-refractivity contribution >= 4 is 42.7 Å². The smallest absolute Gasteiger partial charge is 0.229 e. The molecule has 0 amide bonds. The van der Waals surface area contributed by atoms with Crippen molar-refractivity contribution < 1.29 is 27.8 Å².